The van der Waals surface area contributed by atoms with E-state index in [1.54, 1.807) is 0 Å². The Bertz CT molecular complexity index is 229. The maximum atomic E-state index is 11.9. The molecular formula is C11H20N2OS. The van der Waals surface area contributed by atoms with Crippen LogP contribution in [0.2, 0.25) is 0 Å². The molecule has 3 atom stereocenters. The Morgan fingerprint density at radius 3 is 2.93 bits per heavy atom. The molecule has 1 saturated carbocycles. The van der Waals surface area contributed by atoms with Crippen LogP contribution in [-0.4, -0.2) is 36.0 Å². The van der Waals surface area contributed by atoms with Crippen molar-refractivity contribution >= 4 is 17.7 Å². The first-order valence-electron chi connectivity index (χ1n) is 5.89. The van der Waals surface area contributed by atoms with Crippen LogP contribution in [-0.2, 0) is 4.79 Å². The molecule has 1 aliphatic heterocycles. The lowest BCUT2D eigenvalue weighted by atomic mass is 10.1. The standard InChI is InChI=1S/C11H20N2OS/c1-8-3-2-4-9(8)13-11(14)10-7-15-6-5-12-10/h8-10,12H,2-7H2,1H3,(H,13,14). The van der Waals surface area contributed by atoms with Crippen molar-refractivity contribution in [1.29, 1.82) is 0 Å². The van der Waals surface area contributed by atoms with Gasteiger partial charge in [-0.3, -0.25) is 4.79 Å². The first kappa shape index (κ1) is 11.3. The van der Waals surface area contributed by atoms with Crippen LogP contribution >= 0.6 is 11.8 Å². The molecule has 1 aliphatic carbocycles. The molecule has 0 aromatic rings. The topological polar surface area (TPSA) is 41.1 Å². The third kappa shape index (κ3) is 2.88. The van der Waals surface area contributed by atoms with E-state index in [9.17, 15) is 4.79 Å². The summed E-state index contributed by atoms with van der Waals surface area (Å²) in [6, 6.07) is 0.461. The smallest absolute Gasteiger partial charge is 0.238 e. The van der Waals surface area contributed by atoms with Crippen molar-refractivity contribution in [3.8, 4) is 0 Å². The van der Waals surface area contributed by atoms with Gasteiger partial charge < -0.3 is 10.6 Å². The predicted molar refractivity (Wildman–Crippen MR) is 64.1 cm³/mol. The van der Waals surface area contributed by atoms with Crippen molar-refractivity contribution < 1.29 is 4.79 Å². The average molecular weight is 228 g/mol. The van der Waals surface area contributed by atoms with Crippen molar-refractivity contribution in [2.75, 3.05) is 18.1 Å². The number of rotatable bonds is 2. The second-order valence-corrected chi connectivity index (χ2v) is 5.75. The maximum absolute atomic E-state index is 11.9. The van der Waals surface area contributed by atoms with E-state index >= 15 is 0 Å². The van der Waals surface area contributed by atoms with Crippen LogP contribution in [0.5, 0.6) is 0 Å². The molecule has 0 aromatic heterocycles. The van der Waals surface area contributed by atoms with E-state index in [1.807, 2.05) is 11.8 Å². The van der Waals surface area contributed by atoms with Crippen molar-refractivity contribution in [1.82, 2.24) is 10.6 Å². The molecule has 0 spiro atoms. The summed E-state index contributed by atoms with van der Waals surface area (Å²) in [7, 11) is 0. The van der Waals surface area contributed by atoms with E-state index in [1.165, 1.54) is 12.8 Å². The molecule has 2 N–H and O–H groups in total. The fraction of sp³-hybridized carbons (Fsp3) is 0.909. The molecule has 1 saturated heterocycles. The lowest BCUT2D eigenvalue weighted by molar-refractivity contribution is -0.123. The van der Waals surface area contributed by atoms with E-state index in [0.717, 1.165) is 24.5 Å². The normalized spacial score (nSPS) is 36.5. The minimum absolute atomic E-state index is 0.0385. The third-order valence-corrected chi connectivity index (χ3v) is 4.49. The van der Waals surface area contributed by atoms with Gasteiger partial charge in [-0.15, -0.1) is 0 Å². The van der Waals surface area contributed by atoms with E-state index in [-0.39, 0.29) is 11.9 Å². The van der Waals surface area contributed by atoms with Gasteiger partial charge in [0.05, 0.1) is 6.04 Å². The zero-order valence-electron chi connectivity index (χ0n) is 9.29. The highest BCUT2D eigenvalue weighted by atomic mass is 32.2. The molecule has 3 nitrogen and oxygen atoms in total. The number of hydrogen-bond acceptors (Lipinski definition) is 3. The summed E-state index contributed by atoms with van der Waals surface area (Å²) in [5.74, 6) is 2.92. The number of hydrogen-bond donors (Lipinski definition) is 2. The van der Waals surface area contributed by atoms with Crippen molar-refractivity contribution in [3.05, 3.63) is 0 Å². The lowest BCUT2D eigenvalue weighted by Crippen LogP contribution is -2.51. The monoisotopic (exact) mass is 228 g/mol. The molecule has 4 heteroatoms. The Morgan fingerprint density at radius 1 is 1.47 bits per heavy atom. The average Bonchev–Trinajstić information content (AvgIpc) is 2.66. The Balaban J connectivity index is 1.80. The molecule has 1 amide bonds. The van der Waals surface area contributed by atoms with Gasteiger partial charge in [-0.1, -0.05) is 13.3 Å². The molecule has 2 aliphatic rings. The number of nitrogens with one attached hydrogen (secondary N) is 2. The van der Waals surface area contributed by atoms with E-state index in [2.05, 4.69) is 17.6 Å². The van der Waals surface area contributed by atoms with Crippen LogP contribution in [0.4, 0.5) is 0 Å². The predicted octanol–water partition coefficient (Wildman–Crippen LogP) is 0.996. The number of carbonyl (C=O) groups excluding carboxylic acids is 1. The second-order valence-electron chi connectivity index (χ2n) is 4.60. The van der Waals surface area contributed by atoms with Gasteiger partial charge in [0, 0.05) is 24.1 Å². The minimum Gasteiger partial charge on any atom is -0.352 e. The Labute approximate surface area is 95.8 Å². The molecule has 15 heavy (non-hydrogen) atoms. The highest BCUT2D eigenvalue weighted by Crippen LogP contribution is 2.24. The highest BCUT2D eigenvalue weighted by Gasteiger charge is 2.28. The fourth-order valence-electron chi connectivity index (χ4n) is 2.38. The van der Waals surface area contributed by atoms with Crippen molar-refractivity contribution in [2.24, 2.45) is 5.92 Å². The molecule has 0 aromatic carbocycles. The maximum Gasteiger partial charge on any atom is 0.238 e. The van der Waals surface area contributed by atoms with Crippen LogP contribution in [0.3, 0.4) is 0 Å². The van der Waals surface area contributed by atoms with Gasteiger partial charge in [0.1, 0.15) is 0 Å². The summed E-state index contributed by atoms with van der Waals surface area (Å²) in [5.41, 5.74) is 0. The SMILES string of the molecule is CC1CCCC1NC(=O)C1CSCCN1. The van der Waals surface area contributed by atoms with Crippen molar-refractivity contribution in [3.63, 3.8) is 0 Å². The highest BCUT2D eigenvalue weighted by molar-refractivity contribution is 7.99. The summed E-state index contributed by atoms with van der Waals surface area (Å²) in [4.78, 5) is 11.9. The number of carbonyl (C=O) groups is 1. The molecule has 0 bridgehead atoms. The van der Waals surface area contributed by atoms with Crippen LogP contribution < -0.4 is 10.6 Å². The van der Waals surface area contributed by atoms with Crippen LogP contribution in [0.1, 0.15) is 26.2 Å². The van der Waals surface area contributed by atoms with Gasteiger partial charge in [-0.05, 0) is 18.8 Å². The summed E-state index contributed by atoms with van der Waals surface area (Å²) in [6.07, 6.45) is 3.68. The van der Waals surface area contributed by atoms with E-state index in [4.69, 9.17) is 0 Å². The first-order chi connectivity index (χ1) is 7.27. The fourth-order valence-corrected chi connectivity index (χ4v) is 3.31. The van der Waals surface area contributed by atoms with Crippen LogP contribution in [0, 0.1) is 5.92 Å². The third-order valence-electron chi connectivity index (χ3n) is 3.43. The van der Waals surface area contributed by atoms with Gasteiger partial charge >= 0.3 is 0 Å². The quantitative estimate of drug-likeness (QED) is 0.741. The van der Waals surface area contributed by atoms with E-state index < -0.39 is 0 Å². The first-order valence-corrected chi connectivity index (χ1v) is 7.04. The van der Waals surface area contributed by atoms with Gasteiger partial charge in [-0.25, -0.2) is 0 Å². The largest absolute Gasteiger partial charge is 0.352 e. The van der Waals surface area contributed by atoms with Gasteiger partial charge in [0.15, 0.2) is 0 Å². The summed E-state index contributed by atoms with van der Waals surface area (Å²) in [6.45, 7) is 3.20. The van der Waals surface area contributed by atoms with Crippen molar-refractivity contribution in [2.45, 2.75) is 38.3 Å². The van der Waals surface area contributed by atoms with E-state index in [0.29, 0.717) is 12.0 Å². The summed E-state index contributed by atoms with van der Waals surface area (Å²) < 4.78 is 0. The zero-order valence-corrected chi connectivity index (χ0v) is 10.1. The summed E-state index contributed by atoms with van der Waals surface area (Å²) in [5, 5.41) is 6.46. The Hall–Kier alpha value is -0.220. The molecule has 0 radical (unpaired) electrons. The molecule has 3 unspecified atom stereocenters. The Kier molecular flexibility index (Phi) is 3.92. The minimum atomic E-state index is 0.0385. The van der Waals surface area contributed by atoms with Crippen LogP contribution in [0.25, 0.3) is 0 Å². The second kappa shape index (κ2) is 5.21. The zero-order chi connectivity index (χ0) is 10.7. The lowest BCUT2D eigenvalue weighted by Gasteiger charge is -2.25. The Morgan fingerprint density at radius 2 is 2.33 bits per heavy atom. The molecule has 86 valence electrons. The molecule has 1 heterocycles. The van der Waals surface area contributed by atoms with Gasteiger partial charge in [0.25, 0.3) is 0 Å². The number of amides is 1. The van der Waals surface area contributed by atoms with Gasteiger partial charge in [0.2, 0.25) is 5.91 Å². The molecular weight excluding hydrogens is 208 g/mol. The molecule has 2 rings (SSSR count). The summed E-state index contributed by atoms with van der Waals surface area (Å²) >= 11 is 1.87. The van der Waals surface area contributed by atoms with Gasteiger partial charge in [-0.2, -0.15) is 11.8 Å². The number of thioether (sulfide) groups is 1. The van der Waals surface area contributed by atoms with Crippen LogP contribution in [0.15, 0.2) is 0 Å². The molecule has 2 fully saturated rings.